The summed E-state index contributed by atoms with van der Waals surface area (Å²) >= 11 is 5.93. The fourth-order valence-corrected chi connectivity index (χ4v) is 5.88. The first-order chi connectivity index (χ1) is 17.1. The van der Waals surface area contributed by atoms with Crippen LogP contribution in [0.5, 0.6) is 0 Å². The molecule has 36 heavy (non-hydrogen) atoms. The molecule has 1 unspecified atom stereocenters. The lowest BCUT2D eigenvalue weighted by atomic mass is 9.86. The third kappa shape index (κ3) is 6.33. The van der Waals surface area contributed by atoms with Gasteiger partial charge in [0.05, 0.1) is 11.9 Å². The van der Waals surface area contributed by atoms with E-state index in [0.29, 0.717) is 18.2 Å². The average Bonchev–Trinajstić information content (AvgIpc) is 3.28. The summed E-state index contributed by atoms with van der Waals surface area (Å²) < 4.78 is 42.0. The Bertz CT molecular complexity index is 1440. The number of sulfonamides is 1. The Morgan fingerprint density at radius 1 is 1.31 bits per heavy atom. The van der Waals surface area contributed by atoms with E-state index in [0.717, 1.165) is 37.8 Å². The van der Waals surface area contributed by atoms with Crippen molar-refractivity contribution >= 4 is 33.2 Å². The minimum atomic E-state index is -4.02. The number of hydrogen-bond acceptors (Lipinski definition) is 5. The number of anilines is 1. The largest absolute Gasteiger partial charge is 0.355 e. The van der Waals surface area contributed by atoms with Crippen LogP contribution in [0.2, 0.25) is 5.02 Å². The molecular weight excluding hydrogens is 509 g/mol. The molecule has 3 aromatic rings. The van der Waals surface area contributed by atoms with Crippen LogP contribution in [-0.2, 0) is 40.0 Å². The second-order valence-corrected chi connectivity index (χ2v) is 11.1. The molecule has 0 spiro atoms. The van der Waals surface area contributed by atoms with Gasteiger partial charge in [0.2, 0.25) is 15.9 Å². The summed E-state index contributed by atoms with van der Waals surface area (Å²) in [6.07, 6.45) is 5.56. The number of H-pyrrole nitrogens is 1. The van der Waals surface area contributed by atoms with Gasteiger partial charge in [-0.25, -0.2) is 12.8 Å². The van der Waals surface area contributed by atoms with Crippen LogP contribution < -0.4 is 15.6 Å². The molecule has 0 aliphatic heterocycles. The molecule has 0 radical (unpaired) electrons. The van der Waals surface area contributed by atoms with Crippen molar-refractivity contribution in [3.63, 3.8) is 0 Å². The van der Waals surface area contributed by atoms with Crippen molar-refractivity contribution in [2.45, 2.75) is 44.9 Å². The van der Waals surface area contributed by atoms with E-state index in [-0.39, 0.29) is 28.7 Å². The van der Waals surface area contributed by atoms with Gasteiger partial charge in [-0.15, -0.1) is 0 Å². The lowest BCUT2D eigenvalue weighted by Gasteiger charge is -2.21. The summed E-state index contributed by atoms with van der Waals surface area (Å²) in [6, 6.07) is 6.31. The standard InChI is InChI=1S/C24H27ClFN5O4S/c1-15-2-6-22(30-36(34,35)14-17-4-5-19(26)11-20(17)25)24(33)31(15)13-23(32)27-9-8-16-3-7-21-18(10-16)12-28-29-21/h2,4-6,11-12,16,30H,3,7-10,13-14H2,1H3,(H,27,32)(H,28,29). The smallest absolute Gasteiger partial charge is 0.275 e. The number of benzene rings is 1. The van der Waals surface area contributed by atoms with Crippen LogP contribution in [0.1, 0.15) is 35.4 Å². The number of halogens is 2. The van der Waals surface area contributed by atoms with Crippen molar-refractivity contribution in [2.75, 3.05) is 11.3 Å². The van der Waals surface area contributed by atoms with Gasteiger partial charge in [-0.2, -0.15) is 5.10 Å². The van der Waals surface area contributed by atoms with Gasteiger partial charge in [-0.3, -0.25) is 19.4 Å². The van der Waals surface area contributed by atoms with Crippen molar-refractivity contribution in [3.05, 3.63) is 80.2 Å². The van der Waals surface area contributed by atoms with Gasteiger partial charge in [0.15, 0.2) is 0 Å². The van der Waals surface area contributed by atoms with E-state index < -0.39 is 27.2 Å². The summed E-state index contributed by atoms with van der Waals surface area (Å²) in [5, 5.41) is 9.91. The van der Waals surface area contributed by atoms with Gasteiger partial charge in [-0.1, -0.05) is 17.7 Å². The molecule has 3 N–H and O–H groups in total. The van der Waals surface area contributed by atoms with E-state index in [9.17, 15) is 22.4 Å². The zero-order valence-electron chi connectivity index (χ0n) is 19.7. The summed E-state index contributed by atoms with van der Waals surface area (Å²) in [7, 11) is -4.02. The summed E-state index contributed by atoms with van der Waals surface area (Å²) in [5.41, 5.74) is 2.28. The molecule has 1 aromatic carbocycles. The first kappa shape index (κ1) is 25.9. The Morgan fingerprint density at radius 3 is 2.89 bits per heavy atom. The fourth-order valence-electron chi connectivity index (χ4n) is 4.35. The Hall–Kier alpha value is -3.18. The predicted molar refractivity (Wildman–Crippen MR) is 135 cm³/mol. The minimum absolute atomic E-state index is 0.0307. The number of aromatic nitrogens is 3. The van der Waals surface area contributed by atoms with Crippen molar-refractivity contribution in [3.8, 4) is 0 Å². The molecule has 0 fully saturated rings. The van der Waals surface area contributed by atoms with Crippen LogP contribution >= 0.6 is 11.6 Å². The van der Waals surface area contributed by atoms with Gasteiger partial charge in [0, 0.05) is 23.0 Å². The zero-order valence-corrected chi connectivity index (χ0v) is 21.3. The number of amides is 1. The highest BCUT2D eigenvalue weighted by atomic mass is 35.5. The van der Waals surface area contributed by atoms with E-state index in [1.165, 1.54) is 28.0 Å². The number of hydrogen-bond donors (Lipinski definition) is 3. The second-order valence-electron chi connectivity index (χ2n) is 9.00. The molecule has 4 rings (SSSR count). The number of nitrogens with one attached hydrogen (secondary N) is 3. The normalized spacial score (nSPS) is 15.4. The molecule has 1 atom stereocenters. The molecule has 192 valence electrons. The molecule has 1 aliphatic rings. The SMILES string of the molecule is Cc1ccc(NS(=O)(=O)Cc2ccc(F)cc2Cl)c(=O)n1CC(=O)NCCC1CCc2[nH]ncc2C1. The number of aromatic amines is 1. The highest BCUT2D eigenvalue weighted by Gasteiger charge is 2.21. The third-order valence-corrected chi connectivity index (χ3v) is 7.89. The zero-order chi connectivity index (χ0) is 25.9. The van der Waals surface area contributed by atoms with Crippen LogP contribution in [0, 0.1) is 18.7 Å². The average molecular weight is 536 g/mol. The van der Waals surface area contributed by atoms with Crippen molar-refractivity contribution < 1.29 is 17.6 Å². The molecule has 1 amide bonds. The molecule has 9 nitrogen and oxygen atoms in total. The van der Waals surface area contributed by atoms with Crippen molar-refractivity contribution in [1.29, 1.82) is 0 Å². The number of fused-ring (bicyclic) bond motifs is 1. The van der Waals surface area contributed by atoms with Crippen LogP contribution in [0.15, 0.2) is 41.3 Å². The van der Waals surface area contributed by atoms with Gasteiger partial charge in [0.25, 0.3) is 5.56 Å². The maximum absolute atomic E-state index is 13.3. The van der Waals surface area contributed by atoms with Crippen LogP contribution in [0.25, 0.3) is 0 Å². The molecule has 2 aromatic heterocycles. The van der Waals surface area contributed by atoms with Gasteiger partial charge < -0.3 is 9.88 Å². The Balaban J connectivity index is 1.36. The Kier molecular flexibility index (Phi) is 7.79. The lowest BCUT2D eigenvalue weighted by Crippen LogP contribution is -2.35. The van der Waals surface area contributed by atoms with Crippen LogP contribution in [-0.4, -0.2) is 35.6 Å². The molecule has 2 heterocycles. The monoisotopic (exact) mass is 535 g/mol. The summed E-state index contributed by atoms with van der Waals surface area (Å²) in [5.74, 6) is -1.01. The molecule has 12 heteroatoms. The minimum Gasteiger partial charge on any atom is -0.355 e. The molecule has 0 saturated heterocycles. The Labute approximate surface area is 213 Å². The number of carbonyl (C=O) groups is 1. The maximum atomic E-state index is 13.3. The highest BCUT2D eigenvalue weighted by molar-refractivity contribution is 7.91. The first-order valence-corrected chi connectivity index (χ1v) is 13.6. The second kappa shape index (κ2) is 10.8. The molecular formula is C24H27ClFN5O4S. The third-order valence-electron chi connectivity index (χ3n) is 6.31. The molecule has 1 aliphatic carbocycles. The van der Waals surface area contributed by atoms with Crippen LogP contribution in [0.4, 0.5) is 10.1 Å². The number of aryl methyl sites for hydroxylation is 2. The van der Waals surface area contributed by atoms with Crippen molar-refractivity contribution in [1.82, 2.24) is 20.1 Å². The van der Waals surface area contributed by atoms with Crippen LogP contribution in [0.3, 0.4) is 0 Å². The molecule has 0 saturated carbocycles. The topological polar surface area (TPSA) is 126 Å². The van der Waals surface area contributed by atoms with E-state index in [2.05, 4.69) is 20.2 Å². The fraction of sp³-hybridized carbons (Fsp3) is 0.375. The number of pyridine rings is 1. The van der Waals surface area contributed by atoms with Gasteiger partial charge in [-0.05, 0) is 73.9 Å². The highest BCUT2D eigenvalue weighted by Crippen LogP contribution is 2.25. The lowest BCUT2D eigenvalue weighted by molar-refractivity contribution is -0.121. The summed E-state index contributed by atoms with van der Waals surface area (Å²) in [4.78, 5) is 25.5. The quantitative estimate of drug-likeness (QED) is 0.388. The van der Waals surface area contributed by atoms with Crippen molar-refractivity contribution in [2.24, 2.45) is 5.92 Å². The first-order valence-electron chi connectivity index (χ1n) is 11.5. The summed E-state index contributed by atoms with van der Waals surface area (Å²) in [6.45, 7) is 1.91. The molecule has 0 bridgehead atoms. The predicted octanol–water partition coefficient (Wildman–Crippen LogP) is 2.93. The number of carbonyl (C=O) groups excluding carboxylic acids is 1. The van der Waals surface area contributed by atoms with E-state index in [1.807, 2.05) is 6.20 Å². The maximum Gasteiger partial charge on any atom is 0.275 e. The van der Waals surface area contributed by atoms with Gasteiger partial charge >= 0.3 is 0 Å². The number of rotatable bonds is 9. The van der Waals surface area contributed by atoms with E-state index in [4.69, 9.17) is 11.6 Å². The van der Waals surface area contributed by atoms with E-state index in [1.54, 1.807) is 13.0 Å². The van der Waals surface area contributed by atoms with Gasteiger partial charge in [0.1, 0.15) is 18.0 Å². The van der Waals surface area contributed by atoms with E-state index >= 15 is 0 Å². The number of nitrogens with zero attached hydrogens (tertiary/aromatic N) is 2. The Morgan fingerprint density at radius 2 is 2.11 bits per heavy atom.